The van der Waals surface area contributed by atoms with Gasteiger partial charge in [0.2, 0.25) is 0 Å². The Morgan fingerprint density at radius 3 is 2.85 bits per heavy atom. The number of piperidine rings is 1. The van der Waals surface area contributed by atoms with Gasteiger partial charge in [-0.15, -0.1) is 0 Å². The molecule has 0 spiro atoms. The molecule has 1 saturated heterocycles. The summed E-state index contributed by atoms with van der Waals surface area (Å²) in [5, 5.41) is 0. The van der Waals surface area contributed by atoms with Crippen molar-refractivity contribution < 1.29 is 13.9 Å². The summed E-state index contributed by atoms with van der Waals surface area (Å²) in [5.74, 6) is 0.324. The van der Waals surface area contributed by atoms with Crippen LogP contribution in [0.15, 0.2) is 35.1 Å². The van der Waals surface area contributed by atoms with Crippen molar-refractivity contribution >= 4 is 5.91 Å². The molecule has 0 unspecified atom stereocenters. The third kappa shape index (κ3) is 3.89. The zero-order valence-corrected chi connectivity index (χ0v) is 15.2. The number of hydrogen-bond donors (Lipinski definition) is 1. The van der Waals surface area contributed by atoms with E-state index in [4.69, 9.17) is 4.74 Å². The van der Waals surface area contributed by atoms with Crippen molar-refractivity contribution in [1.29, 1.82) is 0 Å². The van der Waals surface area contributed by atoms with Crippen LogP contribution < -0.4 is 10.3 Å². The van der Waals surface area contributed by atoms with Gasteiger partial charge < -0.3 is 14.6 Å². The van der Waals surface area contributed by atoms with Crippen LogP contribution in [0.4, 0.5) is 4.39 Å². The van der Waals surface area contributed by atoms with Crippen LogP contribution in [0.3, 0.4) is 0 Å². The van der Waals surface area contributed by atoms with E-state index in [1.165, 1.54) is 12.1 Å². The number of amides is 1. The van der Waals surface area contributed by atoms with Crippen molar-refractivity contribution in [2.75, 3.05) is 19.7 Å². The van der Waals surface area contributed by atoms with Crippen molar-refractivity contribution in [3.63, 3.8) is 0 Å². The van der Waals surface area contributed by atoms with Gasteiger partial charge in [0.1, 0.15) is 17.1 Å². The number of nitrogens with one attached hydrogen (secondary N) is 1. The summed E-state index contributed by atoms with van der Waals surface area (Å²) < 4.78 is 18.7. The zero-order chi connectivity index (χ0) is 18.8. The summed E-state index contributed by atoms with van der Waals surface area (Å²) in [6, 6.07) is 7.72. The molecular formula is C21H23FN2O3. The lowest BCUT2D eigenvalue weighted by Crippen LogP contribution is -2.43. The molecule has 1 aromatic heterocycles. The number of aromatic nitrogens is 1. The molecule has 1 aliphatic carbocycles. The van der Waals surface area contributed by atoms with Gasteiger partial charge >= 0.3 is 0 Å². The summed E-state index contributed by atoms with van der Waals surface area (Å²) >= 11 is 0. The van der Waals surface area contributed by atoms with Crippen molar-refractivity contribution in [2.24, 2.45) is 5.92 Å². The van der Waals surface area contributed by atoms with Crippen LogP contribution in [-0.2, 0) is 12.8 Å². The summed E-state index contributed by atoms with van der Waals surface area (Å²) in [5.41, 5.74) is 2.02. The second-order valence-electron chi connectivity index (χ2n) is 7.39. The van der Waals surface area contributed by atoms with E-state index < -0.39 is 0 Å². The first-order chi connectivity index (χ1) is 13.1. The molecule has 2 aliphatic rings. The van der Waals surface area contributed by atoms with Crippen LogP contribution in [0.1, 0.15) is 40.9 Å². The van der Waals surface area contributed by atoms with Crippen LogP contribution in [0.25, 0.3) is 0 Å². The van der Waals surface area contributed by atoms with E-state index in [1.54, 1.807) is 23.1 Å². The highest BCUT2D eigenvalue weighted by Crippen LogP contribution is 2.22. The van der Waals surface area contributed by atoms with Gasteiger partial charge in [0, 0.05) is 24.7 Å². The highest BCUT2D eigenvalue weighted by atomic mass is 19.1. The molecule has 142 valence electrons. The Hall–Kier alpha value is -2.63. The second-order valence-corrected chi connectivity index (χ2v) is 7.39. The third-order valence-corrected chi connectivity index (χ3v) is 5.42. The molecule has 1 amide bonds. The maximum absolute atomic E-state index is 13.0. The Bertz CT molecular complexity index is 891. The summed E-state index contributed by atoms with van der Waals surface area (Å²) in [7, 11) is 0. The molecular weight excluding hydrogens is 347 g/mol. The molecule has 1 fully saturated rings. The molecule has 1 N–H and O–H groups in total. The number of fused-ring (bicyclic) bond motifs is 1. The highest BCUT2D eigenvalue weighted by molar-refractivity contribution is 5.94. The molecule has 0 bridgehead atoms. The normalized spacial score (nSPS) is 19.0. The Morgan fingerprint density at radius 2 is 2.04 bits per heavy atom. The number of ether oxygens (including phenoxy) is 1. The predicted octanol–water partition coefficient (Wildman–Crippen LogP) is 2.93. The molecule has 1 aromatic carbocycles. The van der Waals surface area contributed by atoms with E-state index in [0.717, 1.165) is 43.4 Å². The van der Waals surface area contributed by atoms with E-state index in [-0.39, 0.29) is 28.8 Å². The number of aromatic amines is 1. The minimum Gasteiger partial charge on any atom is -0.493 e. The molecule has 6 heteroatoms. The average molecular weight is 370 g/mol. The summed E-state index contributed by atoms with van der Waals surface area (Å²) in [4.78, 5) is 29.9. The van der Waals surface area contributed by atoms with E-state index >= 15 is 0 Å². The van der Waals surface area contributed by atoms with Gasteiger partial charge in [-0.2, -0.15) is 0 Å². The lowest BCUT2D eigenvalue weighted by Gasteiger charge is -2.32. The second kappa shape index (κ2) is 7.55. The van der Waals surface area contributed by atoms with Gasteiger partial charge in [-0.25, -0.2) is 4.39 Å². The van der Waals surface area contributed by atoms with E-state index in [9.17, 15) is 14.0 Å². The quantitative estimate of drug-likeness (QED) is 0.900. The van der Waals surface area contributed by atoms with Gasteiger partial charge in [0.25, 0.3) is 11.5 Å². The van der Waals surface area contributed by atoms with E-state index in [2.05, 4.69) is 4.98 Å². The first kappa shape index (κ1) is 17.8. The number of aryl methyl sites for hydroxylation is 2. The molecule has 1 aliphatic heterocycles. The molecule has 2 aromatic rings. The fraction of sp³-hybridized carbons (Fsp3) is 0.429. The number of H-pyrrole nitrogens is 1. The molecule has 0 saturated carbocycles. The fourth-order valence-corrected chi connectivity index (χ4v) is 3.97. The molecule has 5 nitrogen and oxygen atoms in total. The van der Waals surface area contributed by atoms with E-state index in [0.29, 0.717) is 25.4 Å². The van der Waals surface area contributed by atoms with Gasteiger partial charge in [-0.05, 0) is 68.0 Å². The predicted molar refractivity (Wildman–Crippen MR) is 99.6 cm³/mol. The Morgan fingerprint density at radius 1 is 1.22 bits per heavy atom. The topological polar surface area (TPSA) is 62.4 Å². The van der Waals surface area contributed by atoms with Crippen molar-refractivity contribution in [2.45, 2.75) is 32.1 Å². The fourth-order valence-electron chi connectivity index (χ4n) is 3.97. The number of benzene rings is 1. The minimum atomic E-state index is -0.295. The Labute approximate surface area is 157 Å². The molecule has 2 heterocycles. The van der Waals surface area contributed by atoms with Gasteiger partial charge in [0.05, 0.1) is 6.61 Å². The van der Waals surface area contributed by atoms with Crippen LogP contribution in [0.2, 0.25) is 0 Å². The van der Waals surface area contributed by atoms with Crippen LogP contribution in [-0.4, -0.2) is 35.5 Å². The average Bonchev–Trinajstić information content (AvgIpc) is 3.14. The lowest BCUT2D eigenvalue weighted by atomic mass is 9.98. The monoisotopic (exact) mass is 370 g/mol. The van der Waals surface area contributed by atoms with Crippen molar-refractivity contribution in [1.82, 2.24) is 9.88 Å². The number of carbonyl (C=O) groups excluding carboxylic acids is 1. The first-order valence-electron chi connectivity index (χ1n) is 9.53. The number of pyridine rings is 1. The van der Waals surface area contributed by atoms with Crippen LogP contribution >= 0.6 is 0 Å². The molecule has 1 atom stereocenters. The van der Waals surface area contributed by atoms with Crippen molar-refractivity contribution in [3.05, 3.63) is 63.3 Å². The number of carbonyl (C=O) groups is 1. The standard InChI is InChI=1S/C21H23FN2O3/c22-16-6-8-17(9-7-16)27-13-14-3-2-10-24(12-14)21(26)18-11-15-4-1-5-19(15)23-20(18)25/h6-9,11,14H,1-5,10,12-13H2,(H,23,25)/t14-/m0/s1. The Balaban J connectivity index is 1.41. The maximum Gasteiger partial charge on any atom is 0.261 e. The van der Waals surface area contributed by atoms with E-state index in [1.807, 2.05) is 0 Å². The van der Waals surface area contributed by atoms with Gasteiger partial charge in [-0.1, -0.05) is 0 Å². The highest BCUT2D eigenvalue weighted by Gasteiger charge is 2.27. The molecule has 4 rings (SSSR count). The number of halogens is 1. The van der Waals surface area contributed by atoms with Crippen LogP contribution in [0.5, 0.6) is 5.75 Å². The number of nitrogens with zero attached hydrogens (tertiary/aromatic N) is 1. The SMILES string of the molecule is O=C(c1cc2c([nH]c1=O)CCC2)N1CCC[C@H](COc2ccc(F)cc2)C1. The summed E-state index contributed by atoms with van der Waals surface area (Å²) in [6.45, 7) is 1.69. The lowest BCUT2D eigenvalue weighted by molar-refractivity contribution is 0.0631. The molecule has 27 heavy (non-hydrogen) atoms. The number of rotatable bonds is 4. The number of likely N-dealkylation sites (tertiary alicyclic amines) is 1. The zero-order valence-electron chi connectivity index (χ0n) is 15.2. The largest absolute Gasteiger partial charge is 0.493 e. The number of hydrogen-bond acceptors (Lipinski definition) is 3. The van der Waals surface area contributed by atoms with Crippen LogP contribution in [0, 0.1) is 11.7 Å². The molecule has 0 radical (unpaired) electrons. The first-order valence-corrected chi connectivity index (χ1v) is 9.53. The maximum atomic E-state index is 13.0. The van der Waals surface area contributed by atoms with Gasteiger partial charge in [0.15, 0.2) is 0 Å². The van der Waals surface area contributed by atoms with Crippen molar-refractivity contribution in [3.8, 4) is 5.75 Å². The summed E-state index contributed by atoms with van der Waals surface area (Å²) in [6.07, 6.45) is 4.67. The minimum absolute atomic E-state index is 0.196. The Kier molecular flexibility index (Phi) is 4.97. The smallest absolute Gasteiger partial charge is 0.261 e. The third-order valence-electron chi connectivity index (χ3n) is 5.42. The van der Waals surface area contributed by atoms with Gasteiger partial charge in [-0.3, -0.25) is 9.59 Å².